The average Bonchev–Trinajstić information content (AvgIpc) is 2.67. The summed E-state index contributed by atoms with van der Waals surface area (Å²) in [5.74, 6) is 0.244. The first-order valence-electron chi connectivity index (χ1n) is 8.90. The molecule has 0 radical (unpaired) electrons. The summed E-state index contributed by atoms with van der Waals surface area (Å²) in [6.45, 7) is 0. The summed E-state index contributed by atoms with van der Waals surface area (Å²) in [5.41, 5.74) is 16.0. The van der Waals surface area contributed by atoms with E-state index in [1.165, 1.54) is 0 Å². The molecule has 0 aliphatic heterocycles. The van der Waals surface area contributed by atoms with Gasteiger partial charge in [0.15, 0.2) is 0 Å². The van der Waals surface area contributed by atoms with Crippen LogP contribution >= 0.6 is 23.2 Å². The summed E-state index contributed by atoms with van der Waals surface area (Å²) < 4.78 is 0. The minimum absolute atomic E-state index is 0.232. The highest BCUT2D eigenvalue weighted by molar-refractivity contribution is 6.38. The number of aliphatic hydroxyl groups excluding tert-OH is 1. The van der Waals surface area contributed by atoms with Crippen LogP contribution in [0, 0.1) is 0 Å². The number of phenols is 1. The molecule has 0 spiro atoms. The number of halogens is 2. The lowest BCUT2D eigenvalue weighted by Gasteiger charge is -2.18. The monoisotopic (exact) mass is 416 g/mol. The van der Waals surface area contributed by atoms with E-state index in [9.17, 15) is 10.2 Å². The molecule has 0 aromatic heterocycles. The van der Waals surface area contributed by atoms with Crippen molar-refractivity contribution < 1.29 is 10.2 Å². The summed E-state index contributed by atoms with van der Waals surface area (Å²) in [5, 5.41) is 20.5. The highest BCUT2D eigenvalue weighted by Gasteiger charge is 2.16. The van der Waals surface area contributed by atoms with E-state index in [1.807, 2.05) is 36.4 Å². The zero-order chi connectivity index (χ0) is 20.3. The Labute approximate surface area is 174 Å². The molecular weight excluding hydrogens is 395 g/mol. The van der Waals surface area contributed by atoms with Crippen molar-refractivity contribution in [3.05, 3.63) is 81.8 Å². The van der Waals surface area contributed by atoms with Gasteiger partial charge in [-0.25, -0.2) is 0 Å². The second kappa shape index (κ2) is 8.84. The molecule has 0 aliphatic carbocycles. The van der Waals surface area contributed by atoms with Crippen LogP contribution < -0.4 is 11.5 Å². The molecule has 2 unspecified atom stereocenters. The van der Waals surface area contributed by atoms with Crippen molar-refractivity contribution in [2.24, 2.45) is 5.73 Å². The Kier molecular flexibility index (Phi) is 6.47. The number of nitrogens with two attached hydrogens (primary N) is 2. The second-order valence-electron chi connectivity index (χ2n) is 6.86. The Balaban J connectivity index is 1.63. The first-order valence-corrected chi connectivity index (χ1v) is 9.65. The van der Waals surface area contributed by atoms with Gasteiger partial charge in [0.2, 0.25) is 0 Å². The molecule has 3 rings (SSSR count). The van der Waals surface area contributed by atoms with Crippen LogP contribution in [0.3, 0.4) is 0 Å². The van der Waals surface area contributed by atoms with Gasteiger partial charge in [-0.05, 0) is 59.4 Å². The fourth-order valence-electron chi connectivity index (χ4n) is 3.09. The molecule has 28 heavy (non-hydrogen) atoms. The van der Waals surface area contributed by atoms with Crippen LogP contribution in [-0.2, 0) is 6.42 Å². The summed E-state index contributed by atoms with van der Waals surface area (Å²) in [6, 6.07) is 18.1. The zero-order valence-electron chi connectivity index (χ0n) is 15.1. The smallest absolute Gasteiger partial charge is 0.115 e. The number of anilines is 1. The third-order valence-corrected chi connectivity index (χ3v) is 5.29. The SMILES string of the molecule is Nc1c(Cl)cc(C(O)CC(N)Cc2ccc(-c3ccc(O)cc3)cc2)cc1Cl. The molecular formula is C22H22Cl2N2O2. The van der Waals surface area contributed by atoms with E-state index in [0.29, 0.717) is 34.1 Å². The summed E-state index contributed by atoms with van der Waals surface area (Å²) in [4.78, 5) is 0. The van der Waals surface area contributed by atoms with Gasteiger partial charge in [0.1, 0.15) is 5.75 Å². The maximum Gasteiger partial charge on any atom is 0.115 e. The summed E-state index contributed by atoms with van der Waals surface area (Å²) in [6.07, 6.45) is 0.224. The molecule has 0 amide bonds. The van der Waals surface area contributed by atoms with E-state index in [4.69, 9.17) is 34.7 Å². The first kappa shape index (κ1) is 20.5. The fraction of sp³-hybridized carbons (Fsp3) is 0.182. The number of benzene rings is 3. The largest absolute Gasteiger partial charge is 0.508 e. The quantitative estimate of drug-likeness (QED) is 0.428. The zero-order valence-corrected chi connectivity index (χ0v) is 16.7. The Morgan fingerprint density at radius 1 is 0.857 bits per heavy atom. The number of aromatic hydroxyl groups is 1. The van der Waals surface area contributed by atoms with E-state index in [2.05, 4.69) is 0 Å². The predicted octanol–water partition coefficient (Wildman–Crippen LogP) is 4.94. The van der Waals surface area contributed by atoms with Gasteiger partial charge in [0.25, 0.3) is 0 Å². The summed E-state index contributed by atoms with van der Waals surface area (Å²) in [7, 11) is 0. The molecule has 0 saturated carbocycles. The van der Waals surface area contributed by atoms with E-state index in [-0.39, 0.29) is 11.8 Å². The van der Waals surface area contributed by atoms with E-state index < -0.39 is 6.10 Å². The maximum absolute atomic E-state index is 10.5. The number of rotatable bonds is 6. The molecule has 0 heterocycles. The van der Waals surface area contributed by atoms with Crippen LogP contribution in [0.4, 0.5) is 5.69 Å². The van der Waals surface area contributed by atoms with Crippen molar-refractivity contribution in [1.29, 1.82) is 0 Å². The highest BCUT2D eigenvalue weighted by atomic mass is 35.5. The molecule has 4 nitrogen and oxygen atoms in total. The number of hydrogen-bond donors (Lipinski definition) is 4. The van der Waals surface area contributed by atoms with Crippen LogP contribution in [0.1, 0.15) is 23.7 Å². The molecule has 6 N–H and O–H groups in total. The van der Waals surface area contributed by atoms with Crippen LogP contribution in [0.2, 0.25) is 10.0 Å². The van der Waals surface area contributed by atoms with Gasteiger partial charge in [0.05, 0.1) is 21.8 Å². The van der Waals surface area contributed by atoms with Gasteiger partial charge < -0.3 is 21.7 Å². The minimum Gasteiger partial charge on any atom is -0.508 e. The topological polar surface area (TPSA) is 92.5 Å². The van der Waals surface area contributed by atoms with Crippen molar-refractivity contribution in [2.45, 2.75) is 25.0 Å². The van der Waals surface area contributed by atoms with Gasteiger partial charge >= 0.3 is 0 Å². The lowest BCUT2D eigenvalue weighted by molar-refractivity contribution is 0.158. The van der Waals surface area contributed by atoms with Crippen molar-refractivity contribution in [3.63, 3.8) is 0 Å². The van der Waals surface area contributed by atoms with Gasteiger partial charge in [-0.2, -0.15) is 0 Å². The lowest BCUT2D eigenvalue weighted by atomic mass is 9.96. The Bertz CT molecular complexity index is 921. The fourth-order valence-corrected chi connectivity index (χ4v) is 3.60. The lowest BCUT2D eigenvalue weighted by Crippen LogP contribution is -2.25. The Morgan fingerprint density at radius 2 is 1.36 bits per heavy atom. The molecule has 0 saturated heterocycles. The Morgan fingerprint density at radius 3 is 1.89 bits per heavy atom. The molecule has 2 atom stereocenters. The van der Waals surface area contributed by atoms with Crippen molar-refractivity contribution in [3.8, 4) is 16.9 Å². The van der Waals surface area contributed by atoms with Crippen molar-refractivity contribution in [2.75, 3.05) is 5.73 Å². The second-order valence-corrected chi connectivity index (χ2v) is 7.67. The van der Waals surface area contributed by atoms with Crippen molar-refractivity contribution >= 4 is 28.9 Å². The van der Waals surface area contributed by atoms with Gasteiger partial charge in [-0.3, -0.25) is 0 Å². The van der Waals surface area contributed by atoms with Crippen LogP contribution in [-0.4, -0.2) is 16.3 Å². The molecule has 0 fully saturated rings. The maximum atomic E-state index is 10.5. The van der Waals surface area contributed by atoms with E-state index in [1.54, 1.807) is 24.3 Å². The van der Waals surface area contributed by atoms with E-state index in [0.717, 1.165) is 16.7 Å². The van der Waals surface area contributed by atoms with Gasteiger partial charge in [0, 0.05) is 6.04 Å². The van der Waals surface area contributed by atoms with Crippen molar-refractivity contribution in [1.82, 2.24) is 0 Å². The predicted molar refractivity (Wildman–Crippen MR) is 116 cm³/mol. The number of hydrogen-bond acceptors (Lipinski definition) is 4. The molecule has 146 valence electrons. The van der Waals surface area contributed by atoms with Crippen LogP contribution in [0.5, 0.6) is 5.75 Å². The standard InChI is InChI=1S/C22H22Cl2N2O2/c23-19-10-16(11-20(24)22(19)26)21(28)12-17(25)9-13-1-3-14(4-2-13)15-5-7-18(27)8-6-15/h1-8,10-11,17,21,27-28H,9,12,25-26H2. The van der Waals surface area contributed by atoms with Crippen LogP contribution in [0.25, 0.3) is 11.1 Å². The molecule has 0 bridgehead atoms. The molecule has 3 aromatic carbocycles. The number of phenolic OH excluding ortho intramolecular Hbond substituents is 1. The minimum atomic E-state index is -0.776. The third kappa shape index (κ3) is 4.97. The first-order chi connectivity index (χ1) is 13.3. The van der Waals surface area contributed by atoms with Gasteiger partial charge in [-0.1, -0.05) is 59.6 Å². The number of nitrogen functional groups attached to an aromatic ring is 1. The molecule has 6 heteroatoms. The highest BCUT2D eigenvalue weighted by Crippen LogP contribution is 2.32. The number of aliphatic hydroxyl groups is 1. The third-order valence-electron chi connectivity index (χ3n) is 4.66. The summed E-state index contributed by atoms with van der Waals surface area (Å²) >= 11 is 12.1. The van der Waals surface area contributed by atoms with E-state index >= 15 is 0 Å². The molecule has 0 aliphatic rings. The Hall–Kier alpha value is -2.24. The molecule has 3 aromatic rings. The van der Waals surface area contributed by atoms with Gasteiger partial charge in [-0.15, -0.1) is 0 Å². The van der Waals surface area contributed by atoms with Crippen LogP contribution in [0.15, 0.2) is 60.7 Å². The normalized spacial score (nSPS) is 13.3. The average molecular weight is 417 g/mol.